The third kappa shape index (κ3) is 18.3. The van der Waals surface area contributed by atoms with Gasteiger partial charge in [-0.1, -0.05) is 162 Å². The van der Waals surface area contributed by atoms with E-state index in [0.29, 0.717) is 12.8 Å². The maximum Gasteiger partial charge on any atom is 0.312 e. The summed E-state index contributed by atoms with van der Waals surface area (Å²) >= 11 is 0. The summed E-state index contributed by atoms with van der Waals surface area (Å²) in [6.07, 6.45) is 35.3. The number of esters is 1. The van der Waals surface area contributed by atoms with Crippen LogP contribution in [0.1, 0.15) is 207 Å². The lowest BCUT2D eigenvalue weighted by Crippen LogP contribution is -2.44. The van der Waals surface area contributed by atoms with Crippen LogP contribution in [0.4, 0.5) is 0 Å². The molecular formula is C37H70O4. The first kappa shape index (κ1) is 38.0. The first-order chi connectivity index (χ1) is 20.0. The molecule has 1 fully saturated rings. The van der Waals surface area contributed by atoms with Crippen LogP contribution in [0.5, 0.6) is 0 Å². The highest BCUT2D eigenvalue weighted by molar-refractivity contribution is 5.84. The number of unbranched alkanes of at least 4 members (excludes halogenated alkanes) is 21. The molecule has 1 rings (SSSR count). The van der Waals surface area contributed by atoms with E-state index in [1.807, 2.05) is 6.92 Å². The molecule has 4 nitrogen and oxygen atoms in total. The molecule has 0 spiro atoms. The molecule has 0 aliphatic heterocycles. The zero-order valence-corrected chi connectivity index (χ0v) is 27.8. The van der Waals surface area contributed by atoms with Crippen LogP contribution in [0.2, 0.25) is 0 Å². The second kappa shape index (κ2) is 25.4. The van der Waals surface area contributed by atoms with Gasteiger partial charge in [-0.15, -0.1) is 0 Å². The van der Waals surface area contributed by atoms with Gasteiger partial charge in [-0.2, -0.15) is 0 Å². The van der Waals surface area contributed by atoms with Crippen LogP contribution in [0, 0.1) is 11.3 Å². The number of ether oxygens (including phenoxy) is 1. The van der Waals surface area contributed by atoms with Crippen LogP contribution in [-0.4, -0.2) is 23.1 Å². The molecule has 0 bridgehead atoms. The molecule has 1 N–H and O–H groups in total. The van der Waals surface area contributed by atoms with Gasteiger partial charge < -0.3 is 9.84 Å². The fraction of sp³-hybridized carbons (Fsp3) is 0.946. The van der Waals surface area contributed by atoms with Gasteiger partial charge in [0.1, 0.15) is 6.10 Å². The molecule has 3 unspecified atom stereocenters. The van der Waals surface area contributed by atoms with Crippen molar-refractivity contribution in [3.05, 3.63) is 0 Å². The molecule has 1 aliphatic carbocycles. The monoisotopic (exact) mass is 579 g/mol. The number of carbonyl (C=O) groups is 2. The normalized spacial score (nSPS) is 19.7. The van der Waals surface area contributed by atoms with Gasteiger partial charge >= 0.3 is 11.9 Å². The third-order valence-electron chi connectivity index (χ3n) is 9.76. The Kier molecular flexibility index (Phi) is 23.6. The molecule has 1 aliphatic rings. The lowest BCUT2D eigenvalue weighted by molar-refractivity contribution is -0.174. The van der Waals surface area contributed by atoms with Gasteiger partial charge in [-0.25, -0.2) is 0 Å². The zero-order valence-electron chi connectivity index (χ0n) is 27.8. The predicted molar refractivity (Wildman–Crippen MR) is 174 cm³/mol. The Bertz CT molecular complexity index is 632. The highest BCUT2D eigenvalue weighted by atomic mass is 16.5. The highest BCUT2D eigenvalue weighted by Crippen LogP contribution is 2.42. The second-order valence-electron chi connectivity index (χ2n) is 13.6. The van der Waals surface area contributed by atoms with E-state index >= 15 is 0 Å². The minimum absolute atomic E-state index is 0.0576. The molecule has 0 amide bonds. The summed E-state index contributed by atoms with van der Waals surface area (Å²) in [6, 6.07) is 0. The van der Waals surface area contributed by atoms with E-state index in [4.69, 9.17) is 4.74 Å². The van der Waals surface area contributed by atoms with E-state index in [-0.39, 0.29) is 12.1 Å². The average Bonchev–Trinajstić information content (AvgIpc) is 2.96. The fourth-order valence-corrected chi connectivity index (χ4v) is 6.77. The van der Waals surface area contributed by atoms with E-state index < -0.39 is 17.3 Å². The van der Waals surface area contributed by atoms with Gasteiger partial charge in [-0.3, -0.25) is 9.59 Å². The lowest BCUT2D eigenvalue weighted by atomic mass is 9.67. The largest absolute Gasteiger partial charge is 0.481 e. The molecule has 0 aromatic carbocycles. The molecule has 41 heavy (non-hydrogen) atoms. The predicted octanol–water partition coefficient (Wildman–Crippen LogP) is 12.0. The van der Waals surface area contributed by atoms with Crippen molar-refractivity contribution in [2.45, 2.75) is 213 Å². The van der Waals surface area contributed by atoms with E-state index in [1.54, 1.807) is 0 Å². The number of rotatable bonds is 28. The van der Waals surface area contributed by atoms with Crippen LogP contribution < -0.4 is 0 Å². The number of carboxylic acids is 1. The first-order valence-corrected chi connectivity index (χ1v) is 18.4. The summed E-state index contributed by atoms with van der Waals surface area (Å²) in [6.45, 7) is 6.38. The average molecular weight is 579 g/mol. The Morgan fingerprint density at radius 3 is 1.37 bits per heavy atom. The summed E-state index contributed by atoms with van der Waals surface area (Å²) in [7, 11) is 0. The van der Waals surface area contributed by atoms with E-state index in [0.717, 1.165) is 38.5 Å². The van der Waals surface area contributed by atoms with Gasteiger partial charge in [0.05, 0.1) is 11.3 Å². The molecule has 1 saturated carbocycles. The summed E-state index contributed by atoms with van der Waals surface area (Å²) in [5.41, 5.74) is -0.878. The molecular weight excluding hydrogens is 508 g/mol. The topological polar surface area (TPSA) is 63.6 Å². The maximum atomic E-state index is 13.4. The van der Waals surface area contributed by atoms with Crippen LogP contribution >= 0.6 is 0 Å². The van der Waals surface area contributed by atoms with Crippen molar-refractivity contribution in [3.8, 4) is 0 Å². The minimum Gasteiger partial charge on any atom is -0.481 e. The molecule has 242 valence electrons. The number of hydrogen-bond acceptors (Lipinski definition) is 3. The van der Waals surface area contributed by atoms with E-state index in [2.05, 4.69) is 13.8 Å². The molecule has 4 heteroatoms. The lowest BCUT2D eigenvalue weighted by Gasteiger charge is -2.37. The summed E-state index contributed by atoms with van der Waals surface area (Å²) in [4.78, 5) is 25.3. The zero-order chi connectivity index (χ0) is 30.0. The molecule has 0 radical (unpaired) electrons. The van der Waals surface area contributed by atoms with Crippen molar-refractivity contribution in [2.75, 3.05) is 0 Å². The second-order valence-corrected chi connectivity index (χ2v) is 13.6. The van der Waals surface area contributed by atoms with Crippen LogP contribution in [0.15, 0.2) is 0 Å². The van der Waals surface area contributed by atoms with Crippen molar-refractivity contribution in [3.63, 3.8) is 0 Å². The fourth-order valence-electron chi connectivity index (χ4n) is 6.77. The van der Waals surface area contributed by atoms with Crippen LogP contribution in [-0.2, 0) is 14.3 Å². The molecule has 0 saturated heterocycles. The number of hydrogen-bond donors (Lipinski definition) is 1. The van der Waals surface area contributed by atoms with Crippen molar-refractivity contribution >= 4 is 11.9 Å². The summed E-state index contributed by atoms with van der Waals surface area (Å²) in [5.74, 6) is -1.71. The van der Waals surface area contributed by atoms with Crippen molar-refractivity contribution in [2.24, 2.45) is 11.3 Å². The highest BCUT2D eigenvalue weighted by Gasteiger charge is 2.48. The summed E-state index contributed by atoms with van der Waals surface area (Å²) in [5, 5.41) is 9.78. The Hall–Kier alpha value is -1.06. The molecule has 0 heterocycles. The molecule has 0 aromatic rings. The van der Waals surface area contributed by atoms with E-state index in [9.17, 15) is 14.7 Å². The van der Waals surface area contributed by atoms with Crippen LogP contribution in [0.3, 0.4) is 0 Å². The van der Waals surface area contributed by atoms with Gasteiger partial charge in [0.25, 0.3) is 0 Å². The smallest absolute Gasteiger partial charge is 0.312 e. The van der Waals surface area contributed by atoms with Crippen LogP contribution in [0.25, 0.3) is 0 Å². The van der Waals surface area contributed by atoms with E-state index in [1.165, 1.54) is 135 Å². The van der Waals surface area contributed by atoms with Gasteiger partial charge in [-0.05, 0) is 45.4 Å². The van der Waals surface area contributed by atoms with Crippen molar-refractivity contribution < 1.29 is 19.4 Å². The third-order valence-corrected chi connectivity index (χ3v) is 9.76. The minimum atomic E-state index is -0.878. The Morgan fingerprint density at radius 2 is 1.00 bits per heavy atom. The summed E-state index contributed by atoms with van der Waals surface area (Å²) < 4.78 is 6.15. The Balaban J connectivity index is 2.31. The molecule has 0 aromatic heterocycles. The quantitative estimate of drug-likeness (QED) is 0.0740. The first-order valence-electron chi connectivity index (χ1n) is 18.4. The standard InChI is InChI=1S/C37H70O4/c1-4-6-8-10-12-14-15-16-17-18-19-20-22-24-26-30-33(29-25-23-21-13-11-9-7-5-2)41-36(40)37(3)32-28-27-31-34(37)35(38)39/h33-34H,4-32H2,1-3H3,(H,38,39). The maximum absolute atomic E-state index is 13.4. The van der Waals surface area contributed by atoms with Gasteiger partial charge in [0, 0.05) is 0 Å². The van der Waals surface area contributed by atoms with Gasteiger partial charge in [0.2, 0.25) is 0 Å². The number of carboxylic acid groups (broad SMARTS) is 1. The van der Waals surface area contributed by atoms with Crippen molar-refractivity contribution in [1.29, 1.82) is 0 Å². The Labute approximate surface area is 255 Å². The number of aliphatic carboxylic acids is 1. The molecule has 3 atom stereocenters. The number of carbonyl (C=O) groups excluding carboxylic acids is 1. The Morgan fingerprint density at radius 1 is 0.634 bits per heavy atom. The van der Waals surface area contributed by atoms with Gasteiger partial charge in [0.15, 0.2) is 0 Å². The van der Waals surface area contributed by atoms with Crippen molar-refractivity contribution in [1.82, 2.24) is 0 Å². The SMILES string of the molecule is CCCCCCCCCCCCCCCCCC(CCCCCCCCCC)OC(=O)C1(C)CCCCC1C(=O)O.